The molecule has 1 aliphatic heterocycles. The number of thiazole rings is 1. The number of nitrogens with one attached hydrogen (secondary N) is 1. The normalized spacial score (nSPS) is 14.3. The van der Waals surface area contributed by atoms with Crippen molar-refractivity contribution in [2.24, 2.45) is 0 Å². The van der Waals surface area contributed by atoms with E-state index in [9.17, 15) is 10.4 Å². The number of nitrogens with two attached hydrogens (primary N) is 1. The van der Waals surface area contributed by atoms with E-state index in [-0.39, 0.29) is 12.7 Å². The number of nitrogen functional groups attached to an aromatic ring is 1. The van der Waals surface area contributed by atoms with Crippen molar-refractivity contribution in [3.8, 4) is 34.4 Å². The Balaban J connectivity index is 1.15. The molecule has 4 N–H and O–H groups in total. The number of hydrogen-bond donors (Lipinski definition) is 3. The largest absolute Gasteiger partial charge is 0.493 e. The van der Waals surface area contributed by atoms with Crippen molar-refractivity contribution in [1.82, 2.24) is 20.2 Å². The molecular weight excluding hydrogens is 696 g/mol. The van der Waals surface area contributed by atoms with E-state index in [4.69, 9.17) is 31.5 Å². The third-order valence-electron chi connectivity index (χ3n) is 9.15. The van der Waals surface area contributed by atoms with E-state index >= 15 is 0 Å². The monoisotopic (exact) mass is 738 g/mol. The Kier molecular flexibility index (Phi) is 12.6. The molecule has 0 saturated carbocycles. The molecule has 0 spiro atoms. The number of pyridine rings is 1. The van der Waals surface area contributed by atoms with Crippen molar-refractivity contribution >= 4 is 28.1 Å². The summed E-state index contributed by atoms with van der Waals surface area (Å²) in [6.07, 6.45) is 4.75. The van der Waals surface area contributed by atoms with Crippen LogP contribution >= 0.6 is 22.9 Å². The summed E-state index contributed by atoms with van der Waals surface area (Å²) in [5.74, 6) is 1.97. The lowest BCUT2D eigenvalue weighted by Gasteiger charge is -2.19. The fourth-order valence-corrected chi connectivity index (χ4v) is 7.12. The highest BCUT2D eigenvalue weighted by Crippen LogP contribution is 2.36. The fraction of sp³-hybridized carbons (Fsp3) is 0.325. The van der Waals surface area contributed by atoms with E-state index in [2.05, 4.69) is 58.3 Å². The number of ether oxygens (including phenoxy) is 3. The second-order valence-electron chi connectivity index (χ2n) is 12.9. The first-order valence-corrected chi connectivity index (χ1v) is 18.6. The Labute approximate surface area is 313 Å². The lowest BCUT2D eigenvalue weighted by molar-refractivity contribution is 0.173. The minimum Gasteiger partial charge on any atom is -0.493 e. The number of rotatable bonds is 16. The van der Waals surface area contributed by atoms with E-state index in [1.54, 1.807) is 12.3 Å². The number of anilines is 1. The number of likely N-dealkylation sites (tertiary alicyclic amines) is 1. The standard InChI is InChI=1S/C40H43ClN6O4S/c1-26-30(6-3-7-34(26)35-8-4-9-37(27(35)2)49-13-5-11-47-12-10-33(48)22-47)24-51-39-16-38(50-23-29-14-28(17-42)18-44-19-29)31(15-36(39)41)20-45-21-32-25-52-40(43)46-32/h3-4,6-9,14-16,18-19,25,33,45,48H,5,10-13,20-24H2,1-2H3,(H2,43,46)/t33-/m1/s1. The summed E-state index contributed by atoms with van der Waals surface area (Å²) in [5, 5.41) is 25.4. The summed E-state index contributed by atoms with van der Waals surface area (Å²) < 4.78 is 18.9. The lowest BCUT2D eigenvalue weighted by Crippen LogP contribution is -2.24. The van der Waals surface area contributed by atoms with Gasteiger partial charge >= 0.3 is 0 Å². The van der Waals surface area contributed by atoms with Gasteiger partial charge in [-0.05, 0) is 72.7 Å². The minimum atomic E-state index is -0.203. The molecule has 3 aromatic carbocycles. The summed E-state index contributed by atoms with van der Waals surface area (Å²) in [6, 6.07) is 20.0. The molecule has 1 fully saturated rings. The molecule has 6 rings (SSSR count). The molecule has 3 heterocycles. The highest BCUT2D eigenvalue weighted by molar-refractivity contribution is 7.13. The Morgan fingerprint density at radius 1 is 0.981 bits per heavy atom. The van der Waals surface area contributed by atoms with E-state index < -0.39 is 0 Å². The van der Waals surface area contributed by atoms with Crippen LogP contribution in [0.2, 0.25) is 5.02 Å². The quantitative estimate of drug-likeness (QED) is 0.0890. The second-order valence-corrected chi connectivity index (χ2v) is 14.2. The third-order valence-corrected chi connectivity index (χ3v) is 10.2. The van der Waals surface area contributed by atoms with Crippen molar-refractivity contribution in [1.29, 1.82) is 5.26 Å². The molecule has 1 aliphatic rings. The molecule has 0 bridgehead atoms. The minimum absolute atomic E-state index is 0.203. The van der Waals surface area contributed by atoms with Gasteiger partial charge in [0.05, 0.1) is 29.0 Å². The van der Waals surface area contributed by atoms with E-state index in [1.165, 1.54) is 17.5 Å². The van der Waals surface area contributed by atoms with E-state index in [0.29, 0.717) is 53.5 Å². The number of β-amino-alcohol motifs (C(OH)–C–C–N with tert-alkyl or cyclic N) is 1. The smallest absolute Gasteiger partial charge is 0.180 e. The molecule has 10 nitrogen and oxygen atoms in total. The molecule has 12 heteroatoms. The molecule has 0 aliphatic carbocycles. The highest BCUT2D eigenvalue weighted by atomic mass is 35.5. The molecule has 1 atom stereocenters. The summed E-state index contributed by atoms with van der Waals surface area (Å²) in [5.41, 5.74) is 14.2. The number of aliphatic hydroxyl groups is 1. The van der Waals surface area contributed by atoms with Crippen LogP contribution in [0.25, 0.3) is 11.1 Å². The van der Waals surface area contributed by atoms with Crippen LogP contribution in [0.15, 0.2) is 72.4 Å². The van der Waals surface area contributed by atoms with Gasteiger partial charge in [0.1, 0.15) is 36.5 Å². The van der Waals surface area contributed by atoms with Gasteiger partial charge in [-0.2, -0.15) is 5.26 Å². The van der Waals surface area contributed by atoms with Gasteiger partial charge in [0.2, 0.25) is 0 Å². The zero-order valence-electron chi connectivity index (χ0n) is 29.4. The van der Waals surface area contributed by atoms with Crippen LogP contribution in [0.3, 0.4) is 0 Å². The molecule has 0 radical (unpaired) electrons. The van der Waals surface area contributed by atoms with Crippen molar-refractivity contribution in [3.05, 3.63) is 116 Å². The summed E-state index contributed by atoms with van der Waals surface area (Å²) in [4.78, 5) is 10.8. The van der Waals surface area contributed by atoms with Crippen LogP contribution < -0.4 is 25.3 Å². The predicted molar refractivity (Wildman–Crippen MR) is 205 cm³/mol. The first kappa shape index (κ1) is 37.1. The van der Waals surface area contributed by atoms with Crippen molar-refractivity contribution < 1.29 is 19.3 Å². The predicted octanol–water partition coefficient (Wildman–Crippen LogP) is 7.21. The van der Waals surface area contributed by atoms with Gasteiger partial charge in [0, 0.05) is 67.7 Å². The SMILES string of the molecule is Cc1c(COc2cc(OCc3cncc(C#N)c3)c(CNCc3csc(N)n3)cc2Cl)cccc1-c1cccc(OCCCN2CC[C@@H](O)C2)c1C. The Morgan fingerprint density at radius 2 is 1.79 bits per heavy atom. The number of halogens is 1. The molecule has 52 heavy (non-hydrogen) atoms. The maximum absolute atomic E-state index is 9.80. The fourth-order valence-electron chi connectivity index (χ4n) is 6.31. The average Bonchev–Trinajstić information content (AvgIpc) is 3.77. The number of hydrogen-bond acceptors (Lipinski definition) is 11. The molecule has 1 saturated heterocycles. The lowest BCUT2D eigenvalue weighted by atomic mass is 9.93. The van der Waals surface area contributed by atoms with Gasteiger partial charge in [-0.25, -0.2) is 4.98 Å². The zero-order valence-corrected chi connectivity index (χ0v) is 31.0. The molecule has 0 amide bonds. The van der Waals surface area contributed by atoms with Gasteiger partial charge in [-0.1, -0.05) is 41.9 Å². The van der Waals surface area contributed by atoms with Crippen LogP contribution in [0, 0.1) is 25.2 Å². The highest BCUT2D eigenvalue weighted by Gasteiger charge is 2.20. The number of nitriles is 1. The topological polar surface area (TPSA) is 139 Å². The average molecular weight is 739 g/mol. The first-order chi connectivity index (χ1) is 25.3. The van der Waals surface area contributed by atoms with Crippen molar-refractivity contribution in [2.45, 2.75) is 59.1 Å². The first-order valence-electron chi connectivity index (χ1n) is 17.3. The second kappa shape index (κ2) is 17.7. The van der Waals surface area contributed by atoms with Crippen LogP contribution in [-0.4, -0.2) is 52.3 Å². The van der Waals surface area contributed by atoms with Crippen LogP contribution in [0.4, 0.5) is 5.13 Å². The van der Waals surface area contributed by atoms with Gasteiger partial charge in [-0.3, -0.25) is 4.98 Å². The Hall–Kier alpha value is -4.70. The van der Waals surface area contributed by atoms with Gasteiger partial charge in [0.25, 0.3) is 0 Å². The third kappa shape index (κ3) is 9.59. The zero-order chi connectivity index (χ0) is 36.5. The molecule has 2 aromatic heterocycles. The van der Waals surface area contributed by atoms with Crippen LogP contribution in [0.1, 0.15) is 51.9 Å². The Morgan fingerprint density at radius 3 is 2.56 bits per heavy atom. The van der Waals surface area contributed by atoms with Crippen molar-refractivity contribution in [2.75, 3.05) is 32.0 Å². The van der Waals surface area contributed by atoms with Crippen LogP contribution in [-0.2, 0) is 26.3 Å². The Bertz CT molecular complexity index is 2030. The maximum Gasteiger partial charge on any atom is 0.180 e. The number of nitrogens with zero attached hydrogens (tertiary/aromatic N) is 4. The van der Waals surface area contributed by atoms with Gasteiger partial charge in [-0.15, -0.1) is 11.3 Å². The van der Waals surface area contributed by atoms with Gasteiger partial charge < -0.3 is 35.3 Å². The molecule has 270 valence electrons. The van der Waals surface area contributed by atoms with Crippen LogP contribution in [0.5, 0.6) is 17.2 Å². The number of aromatic nitrogens is 2. The molecule has 0 unspecified atom stereocenters. The number of benzene rings is 3. The molecular formula is C40H43ClN6O4S. The molecule has 5 aromatic rings. The summed E-state index contributed by atoms with van der Waals surface area (Å²) in [7, 11) is 0. The van der Waals surface area contributed by atoms with Gasteiger partial charge in [0.15, 0.2) is 5.13 Å². The summed E-state index contributed by atoms with van der Waals surface area (Å²) >= 11 is 8.22. The van der Waals surface area contributed by atoms with E-state index in [0.717, 1.165) is 82.9 Å². The number of aliphatic hydroxyl groups excluding tert-OH is 1. The van der Waals surface area contributed by atoms with Crippen molar-refractivity contribution in [3.63, 3.8) is 0 Å². The maximum atomic E-state index is 9.80. The van der Waals surface area contributed by atoms with E-state index in [1.807, 2.05) is 35.7 Å². The summed E-state index contributed by atoms with van der Waals surface area (Å²) in [6.45, 7) is 8.96.